The van der Waals surface area contributed by atoms with Crippen molar-refractivity contribution in [2.75, 3.05) is 33.9 Å². The Kier molecular flexibility index (Phi) is 7.88. The molecule has 0 saturated heterocycles. The van der Waals surface area contributed by atoms with E-state index in [0.717, 1.165) is 54.7 Å². The topological polar surface area (TPSA) is 30.9 Å². The summed E-state index contributed by atoms with van der Waals surface area (Å²) < 4.78 is 16.6. The first-order valence-electron chi connectivity index (χ1n) is 8.54. The normalized spacial score (nSPS) is 13.5. The third-order valence-electron chi connectivity index (χ3n) is 4.50. The number of hydrogen-bond acceptors (Lipinski definition) is 4. The van der Waals surface area contributed by atoms with E-state index >= 15 is 0 Å². The maximum absolute atomic E-state index is 5.88. The van der Waals surface area contributed by atoms with Crippen LogP contribution in [0.15, 0.2) is 36.4 Å². The molecule has 0 amide bonds. The smallest absolute Gasteiger partial charge is 0.161 e. The second kappa shape index (κ2) is 9.91. The van der Waals surface area contributed by atoms with Gasteiger partial charge in [0.25, 0.3) is 0 Å². The van der Waals surface area contributed by atoms with E-state index in [4.69, 9.17) is 25.8 Å². The number of nitrogens with zero attached hydrogens (tertiary/aromatic N) is 1. The third-order valence-corrected chi connectivity index (χ3v) is 4.75. The van der Waals surface area contributed by atoms with Gasteiger partial charge >= 0.3 is 0 Å². The predicted molar refractivity (Wildman–Crippen MR) is 107 cm³/mol. The number of hydrogen-bond donors (Lipinski definition) is 0. The third kappa shape index (κ3) is 5.19. The quantitative estimate of drug-likeness (QED) is 0.638. The van der Waals surface area contributed by atoms with Crippen molar-refractivity contribution in [3.05, 3.63) is 52.5 Å². The highest BCUT2D eigenvalue weighted by molar-refractivity contribution is 6.30. The fraction of sp³-hybridized carbons (Fsp3) is 0.400. The summed E-state index contributed by atoms with van der Waals surface area (Å²) in [5.74, 6) is 2.48. The van der Waals surface area contributed by atoms with Crippen LogP contribution in [0.3, 0.4) is 0 Å². The van der Waals surface area contributed by atoms with E-state index in [0.29, 0.717) is 6.61 Å². The van der Waals surface area contributed by atoms with Crippen LogP contribution in [0.1, 0.15) is 17.5 Å². The first-order chi connectivity index (χ1) is 12.2. The lowest BCUT2D eigenvalue weighted by molar-refractivity contribution is 0.220. The maximum atomic E-state index is 5.88. The molecule has 1 aliphatic heterocycles. The fourth-order valence-electron chi connectivity index (χ4n) is 3.14. The molecule has 0 unspecified atom stereocenters. The molecule has 0 aromatic heterocycles. The van der Waals surface area contributed by atoms with Gasteiger partial charge in [-0.1, -0.05) is 11.6 Å². The van der Waals surface area contributed by atoms with Gasteiger partial charge < -0.3 is 14.2 Å². The van der Waals surface area contributed by atoms with Crippen LogP contribution in [-0.4, -0.2) is 38.8 Å². The Labute approximate surface area is 166 Å². The van der Waals surface area contributed by atoms with Crippen molar-refractivity contribution >= 4 is 24.0 Å². The summed E-state index contributed by atoms with van der Waals surface area (Å²) in [6.07, 6.45) is 2.03. The molecular weight excluding hydrogens is 373 g/mol. The van der Waals surface area contributed by atoms with Crippen molar-refractivity contribution in [1.82, 2.24) is 4.90 Å². The molecule has 4 nitrogen and oxygen atoms in total. The van der Waals surface area contributed by atoms with Crippen LogP contribution < -0.4 is 14.2 Å². The predicted octanol–water partition coefficient (Wildman–Crippen LogP) is 4.61. The summed E-state index contributed by atoms with van der Waals surface area (Å²) >= 11 is 5.88. The van der Waals surface area contributed by atoms with E-state index in [-0.39, 0.29) is 12.4 Å². The number of halogens is 2. The summed E-state index contributed by atoms with van der Waals surface area (Å²) in [6.45, 7) is 3.72. The molecule has 3 rings (SSSR count). The largest absolute Gasteiger partial charge is 0.494 e. The van der Waals surface area contributed by atoms with Gasteiger partial charge in [0.2, 0.25) is 0 Å². The van der Waals surface area contributed by atoms with Crippen LogP contribution in [-0.2, 0) is 13.0 Å². The highest BCUT2D eigenvalue weighted by atomic mass is 35.5. The number of ether oxygens (including phenoxy) is 3. The maximum Gasteiger partial charge on any atom is 0.161 e. The first kappa shape index (κ1) is 20.7. The van der Waals surface area contributed by atoms with E-state index in [2.05, 4.69) is 17.0 Å². The molecule has 0 atom stereocenters. The highest BCUT2D eigenvalue weighted by Crippen LogP contribution is 2.33. The molecule has 0 saturated carbocycles. The minimum absolute atomic E-state index is 0. The molecule has 0 bridgehead atoms. The Bertz CT molecular complexity index is 707. The van der Waals surface area contributed by atoms with Crippen molar-refractivity contribution in [1.29, 1.82) is 0 Å². The lowest BCUT2D eigenvalue weighted by Crippen LogP contribution is -2.32. The van der Waals surface area contributed by atoms with Crippen LogP contribution in [0.5, 0.6) is 17.2 Å². The molecule has 2 aromatic carbocycles. The van der Waals surface area contributed by atoms with Crippen molar-refractivity contribution in [3.8, 4) is 17.2 Å². The van der Waals surface area contributed by atoms with Gasteiger partial charge in [-0.15, -0.1) is 12.4 Å². The van der Waals surface area contributed by atoms with Gasteiger partial charge in [0, 0.05) is 24.7 Å². The van der Waals surface area contributed by atoms with Crippen LogP contribution in [0, 0.1) is 0 Å². The molecule has 0 N–H and O–H groups in total. The van der Waals surface area contributed by atoms with E-state index in [1.165, 1.54) is 11.1 Å². The zero-order chi connectivity index (χ0) is 17.6. The van der Waals surface area contributed by atoms with Crippen LogP contribution >= 0.6 is 24.0 Å². The van der Waals surface area contributed by atoms with Gasteiger partial charge in [0.15, 0.2) is 11.5 Å². The van der Waals surface area contributed by atoms with Crippen molar-refractivity contribution < 1.29 is 14.2 Å². The number of methoxy groups -OCH3 is 2. The molecule has 0 aliphatic carbocycles. The Morgan fingerprint density at radius 1 is 1.00 bits per heavy atom. The minimum atomic E-state index is 0. The van der Waals surface area contributed by atoms with Gasteiger partial charge in [-0.05, 0) is 60.4 Å². The van der Waals surface area contributed by atoms with Crippen molar-refractivity contribution in [2.24, 2.45) is 0 Å². The van der Waals surface area contributed by atoms with Gasteiger partial charge in [-0.2, -0.15) is 0 Å². The zero-order valence-electron chi connectivity index (χ0n) is 15.2. The Morgan fingerprint density at radius 2 is 1.65 bits per heavy atom. The van der Waals surface area contributed by atoms with E-state index in [1.54, 1.807) is 14.2 Å². The van der Waals surface area contributed by atoms with Gasteiger partial charge in [0.1, 0.15) is 5.75 Å². The lowest BCUT2D eigenvalue weighted by atomic mass is 9.98. The molecule has 2 aromatic rings. The molecule has 6 heteroatoms. The standard InChI is InChI=1S/C20H24ClNO3.ClH/c1-23-19-12-15-8-10-22(14-16(15)13-20(19)24-2)9-3-11-25-18-6-4-17(21)5-7-18;/h4-7,12-13H,3,8-11,14H2,1-2H3;1H. The summed E-state index contributed by atoms with van der Waals surface area (Å²) in [4.78, 5) is 2.46. The molecule has 26 heavy (non-hydrogen) atoms. The first-order valence-corrected chi connectivity index (χ1v) is 8.92. The molecule has 0 spiro atoms. The molecule has 0 fully saturated rings. The number of rotatable bonds is 7. The molecule has 0 radical (unpaired) electrons. The molecule has 1 heterocycles. The second-order valence-corrected chi connectivity index (χ2v) is 6.59. The van der Waals surface area contributed by atoms with Crippen LogP contribution in [0.4, 0.5) is 0 Å². The number of fused-ring (bicyclic) bond motifs is 1. The van der Waals surface area contributed by atoms with Crippen molar-refractivity contribution in [2.45, 2.75) is 19.4 Å². The summed E-state index contributed by atoms with van der Waals surface area (Å²) in [7, 11) is 3.36. The number of benzene rings is 2. The SMILES string of the molecule is COc1cc2c(cc1OC)CN(CCCOc1ccc(Cl)cc1)CC2.Cl. The van der Waals surface area contributed by atoms with Crippen LogP contribution in [0.2, 0.25) is 5.02 Å². The molecule has 1 aliphatic rings. The van der Waals surface area contributed by atoms with E-state index in [1.807, 2.05) is 24.3 Å². The van der Waals surface area contributed by atoms with Gasteiger partial charge in [0.05, 0.1) is 20.8 Å². The Balaban J connectivity index is 0.00000243. The van der Waals surface area contributed by atoms with Crippen molar-refractivity contribution in [3.63, 3.8) is 0 Å². The van der Waals surface area contributed by atoms with Crippen LogP contribution in [0.25, 0.3) is 0 Å². The van der Waals surface area contributed by atoms with E-state index < -0.39 is 0 Å². The Hall–Kier alpha value is -1.62. The van der Waals surface area contributed by atoms with E-state index in [9.17, 15) is 0 Å². The monoisotopic (exact) mass is 397 g/mol. The minimum Gasteiger partial charge on any atom is -0.494 e. The highest BCUT2D eigenvalue weighted by Gasteiger charge is 2.19. The summed E-state index contributed by atoms with van der Waals surface area (Å²) in [5.41, 5.74) is 2.67. The summed E-state index contributed by atoms with van der Waals surface area (Å²) in [5, 5.41) is 0.728. The van der Waals surface area contributed by atoms with Gasteiger partial charge in [-0.25, -0.2) is 0 Å². The summed E-state index contributed by atoms with van der Waals surface area (Å²) in [6, 6.07) is 11.7. The average molecular weight is 398 g/mol. The van der Waals surface area contributed by atoms with Gasteiger partial charge in [-0.3, -0.25) is 4.90 Å². The zero-order valence-corrected chi connectivity index (χ0v) is 16.7. The molecule has 142 valence electrons. The average Bonchev–Trinajstić information content (AvgIpc) is 2.65. The fourth-order valence-corrected chi connectivity index (χ4v) is 3.27. The lowest BCUT2D eigenvalue weighted by Gasteiger charge is -2.29. The Morgan fingerprint density at radius 3 is 2.31 bits per heavy atom. The molecular formula is C20H25Cl2NO3. The second-order valence-electron chi connectivity index (χ2n) is 6.16.